The molecular formula is C22H31FO3. The maximum Gasteiger partial charge on any atom is 0.132 e. The third-order valence-electron chi connectivity index (χ3n) is 5.50. The van der Waals surface area contributed by atoms with Crippen molar-refractivity contribution in [2.75, 3.05) is 6.61 Å². The number of ether oxygens (including phenoxy) is 2. The van der Waals surface area contributed by atoms with E-state index in [2.05, 4.69) is 6.58 Å². The lowest BCUT2D eigenvalue weighted by Crippen LogP contribution is -2.29. The third-order valence-corrected chi connectivity index (χ3v) is 5.50. The third kappa shape index (κ3) is 5.82. The smallest absolute Gasteiger partial charge is 0.132 e. The van der Waals surface area contributed by atoms with E-state index in [4.69, 9.17) is 9.47 Å². The summed E-state index contributed by atoms with van der Waals surface area (Å²) >= 11 is 0. The largest absolute Gasteiger partial charge is 0.493 e. The Hall–Kier alpha value is -1.39. The van der Waals surface area contributed by atoms with E-state index in [1.165, 1.54) is 18.9 Å². The summed E-state index contributed by atoms with van der Waals surface area (Å²) in [6.45, 7) is 6.81. The molecule has 3 nitrogen and oxygen atoms in total. The van der Waals surface area contributed by atoms with E-state index in [-0.39, 0.29) is 18.0 Å². The normalized spacial score (nSPS) is 24.3. The predicted molar refractivity (Wildman–Crippen MR) is 101 cm³/mol. The second-order valence-corrected chi connectivity index (χ2v) is 8.08. The number of hydrogen-bond acceptors (Lipinski definition) is 3. The van der Waals surface area contributed by atoms with Crippen molar-refractivity contribution in [2.24, 2.45) is 11.8 Å². The number of rotatable bonds is 9. The molecule has 0 spiro atoms. The molecule has 2 aliphatic rings. The van der Waals surface area contributed by atoms with Gasteiger partial charge in [0, 0.05) is 11.6 Å². The Balaban J connectivity index is 1.41. The molecule has 0 radical (unpaired) electrons. The molecule has 1 aromatic rings. The van der Waals surface area contributed by atoms with Gasteiger partial charge in [0.25, 0.3) is 0 Å². The van der Waals surface area contributed by atoms with Gasteiger partial charge in [0.1, 0.15) is 11.6 Å². The van der Waals surface area contributed by atoms with Gasteiger partial charge >= 0.3 is 0 Å². The highest BCUT2D eigenvalue weighted by molar-refractivity contribution is 5.28. The van der Waals surface area contributed by atoms with E-state index >= 15 is 0 Å². The van der Waals surface area contributed by atoms with Crippen molar-refractivity contribution < 1.29 is 19.0 Å². The Kier molecular flexibility index (Phi) is 6.71. The predicted octanol–water partition coefficient (Wildman–Crippen LogP) is 5.02. The van der Waals surface area contributed by atoms with Gasteiger partial charge in [0.15, 0.2) is 0 Å². The topological polar surface area (TPSA) is 38.7 Å². The Bertz CT molecular complexity index is 603. The molecule has 0 bridgehead atoms. The molecule has 3 rings (SSSR count). The number of aliphatic hydroxyl groups is 1. The summed E-state index contributed by atoms with van der Waals surface area (Å²) in [6.07, 6.45) is 6.72. The molecule has 144 valence electrons. The van der Waals surface area contributed by atoms with Crippen LogP contribution in [0.15, 0.2) is 30.4 Å². The van der Waals surface area contributed by atoms with Crippen LogP contribution in [0.1, 0.15) is 57.4 Å². The van der Waals surface area contributed by atoms with Crippen LogP contribution >= 0.6 is 0 Å². The van der Waals surface area contributed by atoms with Gasteiger partial charge in [-0.2, -0.15) is 0 Å². The lowest BCUT2D eigenvalue weighted by Gasteiger charge is -2.31. The maximum atomic E-state index is 14.2. The van der Waals surface area contributed by atoms with Crippen LogP contribution in [0.5, 0.6) is 5.75 Å². The zero-order valence-corrected chi connectivity index (χ0v) is 15.8. The molecule has 1 atom stereocenters. The van der Waals surface area contributed by atoms with Crippen molar-refractivity contribution in [3.8, 4) is 5.75 Å². The zero-order valence-electron chi connectivity index (χ0n) is 15.8. The number of aliphatic hydroxyl groups excluding tert-OH is 1. The fourth-order valence-electron chi connectivity index (χ4n) is 3.60. The van der Waals surface area contributed by atoms with Gasteiger partial charge in [0.2, 0.25) is 0 Å². The fourth-order valence-corrected chi connectivity index (χ4v) is 3.60. The first kappa shape index (κ1) is 19.4. The van der Waals surface area contributed by atoms with Crippen molar-refractivity contribution in [3.63, 3.8) is 0 Å². The standard InChI is InChI=1S/C22H31FO3/c1-15(2)11-22(24)17-5-8-19(9-6-17)26-14-18-7-10-20(12-21(18)23)25-13-16-3-4-16/h7,10,12,16-17,19,22,24H,1,3-6,8-9,11,13-14H2,2H3. The van der Waals surface area contributed by atoms with Crippen LogP contribution in [0.25, 0.3) is 0 Å². The van der Waals surface area contributed by atoms with Crippen molar-refractivity contribution in [2.45, 2.75) is 70.7 Å². The Morgan fingerprint density at radius 2 is 1.96 bits per heavy atom. The average Bonchev–Trinajstić information content (AvgIpc) is 3.43. The molecule has 0 amide bonds. The molecule has 2 aliphatic carbocycles. The highest BCUT2D eigenvalue weighted by Crippen LogP contribution is 2.32. The van der Waals surface area contributed by atoms with Gasteiger partial charge in [-0.05, 0) is 69.8 Å². The van der Waals surface area contributed by atoms with Crippen LogP contribution in [-0.4, -0.2) is 23.9 Å². The van der Waals surface area contributed by atoms with E-state index in [9.17, 15) is 9.50 Å². The Morgan fingerprint density at radius 1 is 1.23 bits per heavy atom. The highest BCUT2D eigenvalue weighted by Gasteiger charge is 2.27. The van der Waals surface area contributed by atoms with Crippen molar-refractivity contribution in [1.29, 1.82) is 0 Å². The first-order valence-electron chi connectivity index (χ1n) is 9.86. The summed E-state index contributed by atoms with van der Waals surface area (Å²) in [5, 5.41) is 10.2. The minimum absolute atomic E-state index is 0.147. The van der Waals surface area contributed by atoms with Gasteiger partial charge in [-0.15, -0.1) is 6.58 Å². The number of hydrogen-bond donors (Lipinski definition) is 1. The average molecular weight is 362 g/mol. The second-order valence-electron chi connectivity index (χ2n) is 8.08. The monoisotopic (exact) mass is 362 g/mol. The summed E-state index contributed by atoms with van der Waals surface area (Å²) < 4.78 is 25.8. The summed E-state index contributed by atoms with van der Waals surface area (Å²) in [5.74, 6) is 1.32. The Labute approximate surface area is 156 Å². The molecule has 0 heterocycles. The molecule has 2 fully saturated rings. The van der Waals surface area contributed by atoms with Crippen LogP contribution in [0, 0.1) is 17.7 Å². The SMILES string of the molecule is C=C(C)CC(O)C1CCC(OCc2ccc(OCC3CC3)cc2F)CC1. The molecule has 0 saturated heterocycles. The quantitative estimate of drug-likeness (QED) is 0.627. The summed E-state index contributed by atoms with van der Waals surface area (Å²) in [4.78, 5) is 0. The summed E-state index contributed by atoms with van der Waals surface area (Å²) in [7, 11) is 0. The van der Waals surface area contributed by atoms with E-state index in [1.807, 2.05) is 13.0 Å². The molecular weight excluding hydrogens is 331 g/mol. The van der Waals surface area contributed by atoms with E-state index in [0.29, 0.717) is 42.8 Å². The minimum Gasteiger partial charge on any atom is -0.493 e. The highest BCUT2D eigenvalue weighted by atomic mass is 19.1. The van der Waals surface area contributed by atoms with Crippen molar-refractivity contribution in [1.82, 2.24) is 0 Å². The van der Waals surface area contributed by atoms with Crippen molar-refractivity contribution >= 4 is 0 Å². The van der Waals surface area contributed by atoms with Gasteiger partial charge in [0.05, 0.1) is 25.4 Å². The molecule has 26 heavy (non-hydrogen) atoms. The number of halogens is 1. The van der Waals surface area contributed by atoms with E-state index in [0.717, 1.165) is 31.3 Å². The molecule has 1 N–H and O–H groups in total. The molecule has 0 aromatic heterocycles. The van der Waals surface area contributed by atoms with Crippen LogP contribution in [0.4, 0.5) is 4.39 Å². The molecule has 2 saturated carbocycles. The first-order valence-corrected chi connectivity index (χ1v) is 9.86. The van der Waals surface area contributed by atoms with E-state index < -0.39 is 0 Å². The molecule has 0 aliphatic heterocycles. The zero-order chi connectivity index (χ0) is 18.5. The van der Waals surface area contributed by atoms with Crippen LogP contribution < -0.4 is 4.74 Å². The van der Waals surface area contributed by atoms with Gasteiger partial charge in [-0.1, -0.05) is 11.6 Å². The lowest BCUT2D eigenvalue weighted by molar-refractivity contribution is -0.0136. The first-order chi connectivity index (χ1) is 12.5. The Morgan fingerprint density at radius 3 is 2.58 bits per heavy atom. The number of benzene rings is 1. The summed E-state index contributed by atoms with van der Waals surface area (Å²) in [6, 6.07) is 5.06. The van der Waals surface area contributed by atoms with Crippen molar-refractivity contribution in [3.05, 3.63) is 41.7 Å². The minimum atomic E-state index is -0.297. The molecule has 1 aromatic carbocycles. The van der Waals surface area contributed by atoms with Gasteiger partial charge in [-0.3, -0.25) is 0 Å². The molecule has 4 heteroatoms. The van der Waals surface area contributed by atoms with Gasteiger partial charge in [-0.25, -0.2) is 4.39 Å². The van der Waals surface area contributed by atoms with Gasteiger partial charge < -0.3 is 14.6 Å². The van der Waals surface area contributed by atoms with Crippen LogP contribution in [0.2, 0.25) is 0 Å². The maximum absolute atomic E-state index is 14.2. The lowest BCUT2D eigenvalue weighted by atomic mass is 9.82. The van der Waals surface area contributed by atoms with E-state index in [1.54, 1.807) is 6.07 Å². The fraction of sp³-hybridized carbons (Fsp3) is 0.636. The van der Waals surface area contributed by atoms with Crippen LogP contribution in [-0.2, 0) is 11.3 Å². The second kappa shape index (κ2) is 9.01. The van der Waals surface area contributed by atoms with Crippen LogP contribution in [0.3, 0.4) is 0 Å². The molecule has 1 unspecified atom stereocenters. The summed E-state index contributed by atoms with van der Waals surface area (Å²) in [5.41, 5.74) is 1.60.